The van der Waals surface area contributed by atoms with Crippen LogP contribution in [0.15, 0.2) is 34.6 Å². The van der Waals surface area contributed by atoms with Gasteiger partial charge in [-0.3, -0.25) is 4.79 Å². The third kappa shape index (κ3) is 3.61. The van der Waals surface area contributed by atoms with Crippen LogP contribution >= 0.6 is 0 Å². The molecular weight excluding hydrogens is 316 g/mol. The Hall–Kier alpha value is -1.39. The Kier molecular flexibility index (Phi) is 5.21. The van der Waals surface area contributed by atoms with E-state index in [-0.39, 0.29) is 17.8 Å². The van der Waals surface area contributed by atoms with Crippen LogP contribution in [0.1, 0.15) is 59.8 Å². The molecule has 0 radical (unpaired) electrons. The average molecular weight is 346 g/mol. The van der Waals surface area contributed by atoms with E-state index >= 15 is 0 Å². The third-order valence-electron chi connectivity index (χ3n) is 5.74. The molecule has 1 aliphatic carbocycles. The van der Waals surface area contributed by atoms with Crippen LogP contribution < -0.4 is 0 Å². The first-order valence-corrected chi connectivity index (χ1v) is 9.37. The predicted octanol–water partition coefficient (Wildman–Crippen LogP) is 3.85. The van der Waals surface area contributed by atoms with E-state index in [0.717, 1.165) is 18.6 Å². The van der Waals surface area contributed by atoms with Crippen molar-refractivity contribution in [3.05, 3.63) is 34.6 Å². The maximum Gasteiger partial charge on any atom is 0.190 e. The summed E-state index contributed by atoms with van der Waals surface area (Å²) in [6.07, 6.45) is 7.32. The molecule has 0 unspecified atom stereocenters. The number of fused-ring (bicyclic) bond motifs is 1. The first-order chi connectivity index (χ1) is 11.8. The van der Waals surface area contributed by atoms with E-state index < -0.39 is 11.7 Å². The van der Waals surface area contributed by atoms with Crippen molar-refractivity contribution in [2.75, 3.05) is 6.61 Å². The fourth-order valence-electron chi connectivity index (χ4n) is 4.09. The van der Waals surface area contributed by atoms with Gasteiger partial charge in [-0.25, -0.2) is 0 Å². The monoisotopic (exact) mass is 346 g/mol. The van der Waals surface area contributed by atoms with Gasteiger partial charge in [0.05, 0.1) is 6.61 Å². The molecule has 2 aliphatic heterocycles. The molecule has 1 fully saturated rings. The summed E-state index contributed by atoms with van der Waals surface area (Å²) in [5.74, 6) is 0.796. The fraction of sp³-hybridized carbons (Fsp3) is 0.667. The lowest BCUT2D eigenvalue weighted by molar-refractivity contribution is -0.130. The number of allylic oxidation sites excluding steroid dienone is 4. The number of ketones is 1. The van der Waals surface area contributed by atoms with Gasteiger partial charge in [0.25, 0.3) is 0 Å². The van der Waals surface area contributed by atoms with Gasteiger partial charge < -0.3 is 14.6 Å². The van der Waals surface area contributed by atoms with Gasteiger partial charge in [0.2, 0.25) is 0 Å². The lowest BCUT2D eigenvalue weighted by atomic mass is 9.78. The lowest BCUT2D eigenvalue weighted by Crippen LogP contribution is -2.48. The van der Waals surface area contributed by atoms with Crippen LogP contribution in [0.4, 0.5) is 0 Å². The highest BCUT2D eigenvalue weighted by Crippen LogP contribution is 2.47. The van der Waals surface area contributed by atoms with E-state index in [2.05, 4.69) is 39.8 Å². The zero-order chi connectivity index (χ0) is 18.2. The molecule has 0 spiro atoms. The molecule has 25 heavy (non-hydrogen) atoms. The average Bonchev–Trinajstić information content (AvgIpc) is 2.85. The largest absolute Gasteiger partial charge is 0.488 e. The molecule has 138 valence electrons. The van der Waals surface area contributed by atoms with Gasteiger partial charge >= 0.3 is 0 Å². The molecule has 0 aromatic carbocycles. The van der Waals surface area contributed by atoms with E-state index in [1.165, 1.54) is 11.1 Å². The highest BCUT2D eigenvalue weighted by molar-refractivity contribution is 6.00. The fourth-order valence-corrected chi connectivity index (χ4v) is 4.09. The summed E-state index contributed by atoms with van der Waals surface area (Å²) in [6.45, 7) is 9.15. The van der Waals surface area contributed by atoms with Crippen LogP contribution in [0.25, 0.3) is 0 Å². The van der Waals surface area contributed by atoms with Crippen molar-refractivity contribution in [2.45, 2.75) is 77.6 Å². The summed E-state index contributed by atoms with van der Waals surface area (Å²) in [6, 6.07) is 0. The van der Waals surface area contributed by atoms with Crippen molar-refractivity contribution >= 4 is 5.78 Å². The third-order valence-corrected chi connectivity index (χ3v) is 5.74. The maximum absolute atomic E-state index is 12.2. The Labute approximate surface area is 150 Å². The van der Waals surface area contributed by atoms with Crippen LogP contribution in [-0.2, 0) is 14.3 Å². The highest BCUT2D eigenvalue weighted by Gasteiger charge is 2.54. The molecule has 1 saturated heterocycles. The van der Waals surface area contributed by atoms with E-state index in [4.69, 9.17) is 9.47 Å². The van der Waals surface area contributed by atoms with Crippen molar-refractivity contribution in [1.82, 2.24) is 0 Å². The second kappa shape index (κ2) is 7.08. The van der Waals surface area contributed by atoms with Gasteiger partial charge in [0.1, 0.15) is 23.6 Å². The van der Waals surface area contributed by atoms with Gasteiger partial charge in [0.15, 0.2) is 5.78 Å². The van der Waals surface area contributed by atoms with Gasteiger partial charge in [-0.2, -0.15) is 0 Å². The van der Waals surface area contributed by atoms with Crippen LogP contribution in [0.2, 0.25) is 0 Å². The Morgan fingerprint density at radius 3 is 2.84 bits per heavy atom. The van der Waals surface area contributed by atoms with Gasteiger partial charge in [-0.1, -0.05) is 23.3 Å². The van der Waals surface area contributed by atoms with Gasteiger partial charge in [0, 0.05) is 24.3 Å². The summed E-state index contributed by atoms with van der Waals surface area (Å²) in [7, 11) is 0. The predicted molar refractivity (Wildman–Crippen MR) is 97.0 cm³/mol. The Morgan fingerprint density at radius 2 is 2.12 bits per heavy atom. The minimum absolute atomic E-state index is 0.118. The Balaban J connectivity index is 1.75. The SMILES string of the molecule is CC(C)=CCC/C(C)=C/[C@H]1CO[C@H]2CC3=C(CC[C@@H](O)C3=O)O[C@@]21C. The summed E-state index contributed by atoms with van der Waals surface area (Å²) in [5.41, 5.74) is 2.93. The second-order valence-corrected chi connectivity index (χ2v) is 8.07. The summed E-state index contributed by atoms with van der Waals surface area (Å²) < 4.78 is 12.3. The smallest absolute Gasteiger partial charge is 0.190 e. The number of carbonyl (C=O) groups is 1. The quantitative estimate of drug-likeness (QED) is 0.786. The molecule has 2 heterocycles. The van der Waals surface area contributed by atoms with E-state index in [1.807, 2.05) is 0 Å². The molecule has 4 heteroatoms. The molecular formula is C21H30O4. The number of aliphatic hydroxyl groups is 1. The number of hydrogen-bond acceptors (Lipinski definition) is 4. The topological polar surface area (TPSA) is 55.8 Å². The van der Waals surface area contributed by atoms with Crippen LogP contribution in [0.5, 0.6) is 0 Å². The highest BCUT2D eigenvalue weighted by atomic mass is 16.6. The zero-order valence-corrected chi connectivity index (χ0v) is 15.8. The molecule has 0 aromatic heterocycles. The van der Waals surface area contributed by atoms with Crippen molar-refractivity contribution in [1.29, 1.82) is 0 Å². The molecule has 4 atom stereocenters. The number of rotatable bonds is 4. The van der Waals surface area contributed by atoms with Crippen molar-refractivity contribution in [3.63, 3.8) is 0 Å². The molecule has 3 rings (SSSR count). The summed E-state index contributed by atoms with van der Waals surface area (Å²) in [4.78, 5) is 12.2. The minimum atomic E-state index is -0.874. The molecule has 0 aromatic rings. The second-order valence-electron chi connectivity index (χ2n) is 8.07. The van der Waals surface area contributed by atoms with Crippen LogP contribution in [0.3, 0.4) is 0 Å². The number of aliphatic hydroxyl groups excluding tert-OH is 1. The Morgan fingerprint density at radius 1 is 1.36 bits per heavy atom. The molecule has 0 bridgehead atoms. The van der Waals surface area contributed by atoms with Gasteiger partial charge in [-0.15, -0.1) is 0 Å². The summed E-state index contributed by atoms with van der Waals surface area (Å²) in [5, 5.41) is 9.82. The van der Waals surface area contributed by atoms with Gasteiger partial charge in [-0.05, 0) is 47.0 Å². The van der Waals surface area contributed by atoms with Crippen molar-refractivity contribution in [2.24, 2.45) is 5.92 Å². The first kappa shape index (κ1) is 18.4. The van der Waals surface area contributed by atoms with Crippen LogP contribution in [0, 0.1) is 5.92 Å². The van der Waals surface area contributed by atoms with E-state index in [9.17, 15) is 9.90 Å². The Bertz CT molecular complexity index is 638. The minimum Gasteiger partial charge on any atom is -0.488 e. The standard InChI is InChI=1S/C21H30O4/c1-13(2)6-5-7-14(3)10-15-12-24-19-11-16-18(25-21(15,19)4)9-8-17(22)20(16)23/h6,10,15,17,19,22H,5,7-9,11-12H2,1-4H3/b14-10+/t15-,17+,19-,21+/m0/s1. The van der Waals surface area contributed by atoms with E-state index in [0.29, 0.717) is 31.4 Å². The van der Waals surface area contributed by atoms with Crippen LogP contribution in [-0.4, -0.2) is 35.3 Å². The number of hydrogen-bond donors (Lipinski definition) is 1. The molecule has 1 N–H and O–H groups in total. The number of carbonyl (C=O) groups excluding carboxylic acids is 1. The van der Waals surface area contributed by atoms with Crippen molar-refractivity contribution in [3.8, 4) is 0 Å². The summed E-state index contributed by atoms with van der Waals surface area (Å²) >= 11 is 0. The first-order valence-electron chi connectivity index (χ1n) is 9.37. The molecule has 4 nitrogen and oxygen atoms in total. The zero-order valence-electron chi connectivity index (χ0n) is 15.8. The molecule has 3 aliphatic rings. The molecule has 0 amide bonds. The van der Waals surface area contributed by atoms with E-state index in [1.54, 1.807) is 0 Å². The van der Waals surface area contributed by atoms with Crippen molar-refractivity contribution < 1.29 is 19.4 Å². The number of ether oxygens (including phenoxy) is 2. The maximum atomic E-state index is 12.2. The normalized spacial score (nSPS) is 35.2. The lowest BCUT2D eigenvalue weighted by Gasteiger charge is -2.42. The number of Topliss-reactive ketones (excluding diaryl/α,β-unsaturated/α-hetero) is 1. The molecule has 0 saturated carbocycles.